The number of rotatable bonds is 8. The molecule has 256 valence electrons. The Labute approximate surface area is 265 Å². The van der Waals surface area contributed by atoms with Crippen LogP contribution in [0, 0.1) is 23.7 Å². The van der Waals surface area contributed by atoms with Gasteiger partial charge in [0.05, 0.1) is 43.1 Å². The summed E-state index contributed by atoms with van der Waals surface area (Å²) in [6.07, 6.45) is -1.92. The molecule has 4 fully saturated rings. The summed E-state index contributed by atoms with van der Waals surface area (Å²) in [5, 5.41) is 14.0. The predicted octanol–water partition coefficient (Wildman–Crippen LogP) is 2.47. The van der Waals surface area contributed by atoms with Crippen molar-refractivity contribution in [3.8, 4) is 0 Å². The molecule has 7 rings (SSSR count). The lowest BCUT2D eigenvalue weighted by molar-refractivity contribution is -0.183. The number of halogens is 5. The molecule has 5 heterocycles. The number of amides is 2. The molecule has 2 saturated heterocycles. The van der Waals surface area contributed by atoms with Crippen LogP contribution in [0.5, 0.6) is 0 Å². The molecule has 18 heteroatoms. The first-order chi connectivity index (χ1) is 22.4. The smallest absolute Gasteiger partial charge is 0.378 e. The Balaban J connectivity index is 1.21. The summed E-state index contributed by atoms with van der Waals surface area (Å²) in [5.41, 5.74) is 3.60. The van der Waals surface area contributed by atoms with E-state index in [0.29, 0.717) is 43.5 Å². The number of oxime groups is 1. The van der Waals surface area contributed by atoms with Gasteiger partial charge < -0.3 is 20.3 Å². The molecule has 47 heavy (non-hydrogen) atoms. The quantitative estimate of drug-likeness (QED) is 0.361. The fourth-order valence-electron chi connectivity index (χ4n) is 6.95. The number of carbonyl (C=O) groups is 2. The Hall–Kier alpha value is -3.67. The van der Waals surface area contributed by atoms with E-state index >= 15 is 0 Å². The maximum absolute atomic E-state index is 14.2. The van der Waals surface area contributed by atoms with E-state index in [2.05, 4.69) is 26.3 Å². The van der Waals surface area contributed by atoms with Gasteiger partial charge in [-0.05, 0) is 43.9 Å². The third-order valence-electron chi connectivity index (χ3n) is 9.84. The summed E-state index contributed by atoms with van der Waals surface area (Å²) in [4.78, 5) is 42.6. The number of hydroxylamine groups is 1. The SMILES string of the molecule is O=C(NC(c1cn2nc(CC3CC(C(F)(F)F)CNC3=O)c(N3CCOCC3)nc2n1)C1CCC(F)(F)CC1)C1=NONC1C1CC1. The number of fused-ring (bicyclic) bond motifs is 1. The van der Waals surface area contributed by atoms with Gasteiger partial charge in [0, 0.05) is 44.8 Å². The lowest BCUT2D eigenvalue weighted by Crippen LogP contribution is -2.47. The summed E-state index contributed by atoms with van der Waals surface area (Å²) in [6, 6.07) is -1.15. The van der Waals surface area contributed by atoms with Gasteiger partial charge in [0.25, 0.3) is 11.7 Å². The van der Waals surface area contributed by atoms with Gasteiger partial charge in [-0.1, -0.05) is 5.16 Å². The second-order valence-corrected chi connectivity index (χ2v) is 13.2. The second kappa shape index (κ2) is 12.4. The zero-order valence-electron chi connectivity index (χ0n) is 25.4. The highest BCUT2D eigenvalue weighted by Gasteiger charge is 2.46. The lowest BCUT2D eigenvalue weighted by atomic mass is 9.81. The number of nitrogens with zero attached hydrogens (tertiary/aromatic N) is 6. The Kier molecular flexibility index (Phi) is 8.42. The van der Waals surface area contributed by atoms with Crippen molar-refractivity contribution >= 4 is 29.1 Å². The van der Waals surface area contributed by atoms with Crippen LogP contribution in [0.3, 0.4) is 0 Å². The van der Waals surface area contributed by atoms with Crippen LogP contribution in [0.2, 0.25) is 0 Å². The summed E-state index contributed by atoms with van der Waals surface area (Å²) in [7, 11) is 0. The van der Waals surface area contributed by atoms with E-state index in [1.54, 1.807) is 6.20 Å². The van der Waals surface area contributed by atoms with Crippen molar-refractivity contribution in [2.45, 2.75) is 75.5 Å². The summed E-state index contributed by atoms with van der Waals surface area (Å²) in [6.45, 7) is 1.22. The first-order valence-corrected chi connectivity index (χ1v) is 16.1. The number of hydrogen-bond donors (Lipinski definition) is 3. The van der Waals surface area contributed by atoms with Crippen LogP contribution in [-0.2, 0) is 25.7 Å². The maximum Gasteiger partial charge on any atom is 0.393 e. The zero-order chi connectivity index (χ0) is 32.9. The van der Waals surface area contributed by atoms with Crippen molar-refractivity contribution in [1.29, 1.82) is 0 Å². The number of aromatic nitrogens is 4. The third kappa shape index (κ3) is 6.84. The van der Waals surface area contributed by atoms with E-state index in [0.717, 1.165) is 12.8 Å². The van der Waals surface area contributed by atoms with Gasteiger partial charge in [0.2, 0.25) is 11.8 Å². The van der Waals surface area contributed by atoms with Gasteiger partial charge in [-0.2, -0.15) is 23.3 Å². The minimum Gasteiger partial charge on any atom is -0.378 e. The summed E-state index contributed by atoms with van der Waals surface area (Å²) < 4.78 is 75.9. The number of hydrogen-bond acceptors (Lipinski definition) is 10. The van der Waals surface area contributed by atoms with Crippen LogP contribution < -0.4 is 21.0 Å². The second-order valence-electron chi connectivity index (χ2n) is 13.2. The van der Waals surface area contributed by atoms with Gasteiger partial charge in [0.15, 0.2) is 11.5 Å². The predicted molar refractivity (Wildman–Crippen MR) is 154 cm³/mol. The molecule has 2 aromatic heterocycles. The molecular weight excluding hydrogens is 633 g/mol. The van der Waals surface area contributed by atoms with Crippen molar-refractivity contribution in [1.82, 2.24) is 35.7 Å². The van der Waals surface area contributed by atoms with Crippen molar-refractivity contribution in [3.05, 3.63) is 17.6 Å². The molecule has 0 radical (unpaired) electrons. The largest absolute Gasteiger partial charge is 0.393 e. The molecule has 0 spiro atoms. The Bertz CT molecular complexity index is 1530. The number of imidazole rings is 1. The van der Waals surface area contributed by atoms with Crippen molar-refractivity contribution < 1.29 is 41.2 Å². The van der Waals surface area contributed by atoms with E-state index in [1.807, 2.05) is 4.90 Å². The Morgan fingerprint density at radius 1 is 1.13 bits per heavy atom. The van der Waals surface area contributed by atoms with Crippen molar-refractivity contribution in [2.24, 2.45) is 28.8 Å². The van der Waals surface area contributed by atoms with E-state index in [-0.39, 0.29) is 67.9 Å². The summed E-state index contributed by atoms with van der Waals surface area (Å²) in [5.74, 6) is -6.05. The topological polar surface area (TPSA) is 147 Å². The lowest BCUT2D eigenvalue weighted by Gasteiger charge is -2.33. The first-order valence-electron chi connectivity index (χ1n) is 16.1. The molecule has 0 aromatic carbocycles. The van der Waals surface area contributed by atoms with Gasteiger partial charge in [-0.25, -0.2) is 18.3 Å². The van der Waals surface area contributed by atoms with Crippen LogP contribution in [0.4, 0.5) is 27.8 Å². The number of piperidine rings is 1. The highest BCUT2D eigenvalue weighted by atomic mass is 19.4. The average Bonchev–Trinajstić information content (AvgIpc) is 3.61. The monoisotopic (exact) mass is 669 g/mol. The van der Waals surface area contributed by atoms with Crippen LogP contribution in [0.1, 0.15) is 62.4 Å². The molecule has 2 amide bonds. The molecule has 2 saturated carbocycles. The minimum atomic E-state index is -4.46. The van der Waals surface area contributed by atoms with Crippen LogP contribution in [0.15, 0.2) is 11.4 Å². The normalized spacial score (nSPS) is 27.7. The van der Waals surface area contributed by atoms with E-state index in [4.69, 9.17) is 19.8 Å². The highest BCUT2D eigenvalue weighted by molar-refractivity contribution is 6.41. The number of alkyl halides is 5. The Morgan fingerprint density at radius 2 is 1.87 bits per heavy atom. The number of carbonyl (C=O) groups excluding carboxylic acids is 2. The van der Waals surface area contributed by atoms with E-state index < -0.39 is 48.3 Å². The molecule has 3 N–H and O–H groups in total. The van der Waals surface area contributed by atoms with Gasteiger partial charge in [-0.15, -0.1) is 5.48 Å². The number of nitrogens with one attached hydrogen (secondary N) is 3. The number of ether oxygens (including phenoxy) is 1. The average molecular weight is 670 g/mol. The van der Waals surface area contributed by atoms with Gasteiger partial charge >= 0.3 is 6.18 Å². The fourth-order valence-corrected chi connectivity index (χ4v) is 6.95. The van der Waals surface area contributed by atoms with E-state index in [9.17, 15) is 31.5 Å². The minimum absolute atomic E-state index is 0.0885. The standard InChI is InChI=1S/C29H36F5N9O4/c30-28(31)5-3-16(4-6-28)21(37-26(45)23-22(15-1-2-15)40-47-41-23)20-14-43-27(36-20)38-24(42-7-9-46-10-8-42)19(39-43)12-17-11-18(29(32,33)34)13-35-25(17)44/h14-18,21-22,40H,1-13H2,(H,35,44)(H,37,45). The van der Waals surface area contributed by atoms with Crippen LogP contribution in [-0.4, -0.2) is 88.1 Å². The van der Waals surface area contributed by atoms with Crippen molar-refractivity contribution in [3.63, 3.8) is 0 Å². The molecule has 3 aliphatic heterocycles. The van der Waals surface area contributed by atoms with Gasteiger partial charge in [0.1, 0.15) is 5.69 Å². The highest BCUT2D eigenvalue weighted by Crippen LogP contribution is 2.42. The molecule has 2 aliphatic carbocycles. The molecule has 4 unspecified atom stereocenters. The number of morpholine rings is 1. The van der Waals surface area contributed by atoms with Crippen LogP contribution >= 0.6 is 0 Å². The van der Waals surface area contributed by atoms with Gasteiger partial charge in [-0.3, -0.25) is 14.5 Å². The Morgan fingerprint density at radius 3 is 2.57 bits per heavy atom. The molecular formula is C29H36F5N9O4. The fraction of sp³-hybridized carbons (Fsp3) is 0.724. The van der Waals surface area contributed by atoms with Crippen molar-refractivity contribution in [2.75, 3.05) is 37.7 Å². The zero-order valence-corrected chi connectivity index (χ0v) is 25.4. The third-order valence-corrected chi connectivity index (χ3v) is 9.84. The molecule has 5 aliphatic rings. The first kappa shape index (κ1) is 31.9. The maximum atomic E-state index is 14.2. The number of anilines is 1. The molecule has 13 nitrogen and oxygen atoms in total. The summed E-state index contributed by atoms with van der Waals surface area (Å²) >= 11 is 0. The molecule has 4 atom stereocenters. The molecule has 0 bridgehead atoms. The van der Waals surface area contributed by atoms with Crippen LogP contribution in [0.25, 0.3) is 5.78 Å². The van der Waals surface area contributed by atoms with E-state index in [1.165, 1.54) is 4.52 Å². The molecule has 2 aromatic rings.